The van der Waals surface area contributed by atoms with Gasteiger partial charge in [-0.2, -0.15) is 13.2 Å². The summed E-state index contributed by atoms with van der Waals surface area (Å²) >= 11 is 0. The van der Waals surface area contributed by atoms with Crippen molar-refractivity contribution in [3.05, 3.63) is 117 Å². The molecule has 0 saturated heterocycles. The Labute approximate surface area is 226 Å². The number of fused-ring (bicyclic) bond motifs is 1. The Bertz CT molecular complexity index is 1460. The Hall–Kier alpha value is -3.46. The normalized spacial score (nSPS) is 11.9. The summed E-state index contributed by atoms with van der Waals surface area (Å²) in [7, 11) is 1.56. The minimum Gasteiger partial charge on any atom is -0.385 e. The van der Waals surface area contributed by atoms with E-state index in [1.165, 1.54) is 18.2 Å². The first-order chi connectivity index (χ1) is 19.0. The summed E-state index contributed by atoms with van der Waals surface area (Å²) in [6.45, 7) is 0.494. The lowest BCUT2D eigenvalue weighted by Gasteiger charge is -2.12. The molecule has 0 aliphatic carbocycles. The van der Waals surface area contributed by atoms with Gasteiger partial charge in [-0.1, -0.05) is 30.3 Å². The molecule has 0 radical (unpaired) electrons. The van der Waals surface area contributed by atoms with E-state index in [0.717, 1.165) is 5.56 Å². The lowest BCUT2D eigenvalue weighted by atomic mass is 9.96. The molecule has 0 unspecified atom stereocenters. The summed E-state index contributed by atoms with van der Waals surface area (Å²) in [5.74, 6) is -5.22. The van der Waals surface area contributed by atoms with Gasteiger partial charge < -0.3 is 4.74 Å². The van der Waals surface area contributed by atoms with Crippen LogP contribution in [0.3, 0.4) is 0 Å². The zero-order valence-electron chi connectivity index (χ0n) is 21.6. The standard InChI is InChI=1S/C31H26F8O/c1-40-12-2-3-19-14-25(32)24(26(33)15-19)11-6-18-5-10-23-22(13-18)9-8-21(30(23)36)7-4-20-16-27(34)29(28(35)17-20)31(37,38)39/h5,8-10,13-17H,2-4,6-7,11-12H2,1H3. The number of benzene rings is 4. The van der Waals surface area contributed by atoms with E-state index in [0.29, 0.717) is 49.0 Å². The molecule has 0 heterocycles. The van der Waals surface area contributed by atoms with E-state index in [1.807, 2.05) is 0 Å². The number of hydrogen-bond donors (Lipinski definition) is 0. The first kappa shape index (κ1) is 29.5. The van der Waals surface area contributed by atoms with E-state index >= 15 is 4.39 Å². The summed E-state index contributed by atoms with van der Waals surface area (Å²) in [4.78, 5) is 0. The summed E-state index contributed by atoms with van der Waals surface area (Å²) in [5.41, 5.74) is -0.464. The van der Waals surface area contributed by atoms with E-state index in [9.17, 15) is 30.7 Å². The maximum absolute atomic E-state index is 15.2. The second-order valence-corrected chi connectivity index (χ2v) is 9.66. The highest BCUT2D eigenvalue weighted by molar-refractivity contribution is 5.84. The van der Waals surface area contributed by atoms with Crippen LogP contribution < -0.4 is 0 Å². The van der Waals surface area contributed by atoms with Gasteiger partial charge in [0.05, 0.1) is 0 Å². The number of ether oxygens (including phenoxy) is 1. The molecule has 212 valence electrons. The van der Waals surface area contributed by atoms with Crippen molar-refractivity contribution in [2.45, 2.75) is 44.7 Å². The summed E-state index contributed by atoms with van der Waals surface area (Å²) in [6.07, 6.45) is -3.65. The van der Waals surface area contributed by atoms with E-state index in [2.05, 4.69) is 0 Å². The van der Waals surface area contributed by atoms with E-state index < -0.39 is 40.8 Å². The fraction of sp³-hybridized carbons (Fsp3) is 0.290. The molecule has 0 aliphatic rings. The molecule has 4 aromatic rings. The van der Waals surface area contributed by atoms with Crippen molar-refractivity contribution >= 4 is 10.8 Å². The van der Waals surface area contributed by atoms with Gasteiger partial charge >= 0.3 is 6.18 Å². The predicted molar refractivity (Wildman–Crippen MR) is 137 cm³/mol. The quantitative estimate of drug-likeness (QED) is 0.138. The molecule has 0 spiro atoms. The molecule has 1 nitrogen and oxygen atoms in total. The van der Waals surface area contributed by atoms with Gasteiger partial charge in [0.1, 0.15) is 34.6 Å². The molecule has 0 fully saturated rings. The first-order valence-corrected chi connectivity index (χ1v) is 12.7. The Balaban J connectivity index is 1.45. The molecule has 9 heteroatoms. The number of hydrogen-bond acceptors (Lipinski definition) is 1. The lowest BCUT2D eigenvalue weighted by molar-refractivity contribution is -0.142. The van der Waals surface area contributed by atoms with Crippen LogP contribution in [0.2, 0.25) is 0 Å². The molecule has 0 aromatic heterocycles. The summed E-state index contributed by atoms with van der Waals surface area (Å²) < 4.78 is 115. The Morgan fingerprint density at radius 1 is 0.625 bits per heavy atom. The lowest BCUT2D eigenvalue weighted by Crippen LogP contribution is -2.12. The van der Waals surface area contributed by atoms with Crippen molar-refractivity contribution in [3.63, 3.8) is 0 Å². The number of alkyl halides is 3. The van der Waals surface area contributed by atoms with Crippen molar-refractivity contribution < 1.29 is 39.9 Å². The van der Waals surface area contributed by atoms with Gasteiger partial charge in [-0.05, 0) is 90.4 Å². The highest BCUT2D eigenvalue weighted by atomic mass is 19.4. The number of aryl methyl sites for hydroxylation is 4. The van der Waals surface area contributed by atoms with Crippen LogP contribution in [0.1, 0.15) is 39.8 Å². The third kappa shape index (κ3) is 6.81. The van der Waals surface area contributed by atoms with E-state index in [-0.39, 0.29) is 41.3 Å². The van der Waals surface area contributed by atoms with Crippen molar-refractivity contribution in [3.8, 4) is 0 Å². The van der Waals surface area contributed by atoms with Gasteiger partial charge in [0.15, 0.2) is 0 Å². The van der Waals surface area contributed by atoms with Crippen LogP contribution in [0.4, 0.5) is 35.1 Å². The molecule has 0 saturated carbocycles. The van der Waals surface area contributed by atoms with Crippen molar-refractivity contribution in [1.29, 1.82) is 0 Å². The third-order valence-corrected chi connectivity index (χ3v) is 6.85. The van der Waals surface area contributed by atoms with Crippen molar-refractivity contribution in [2.24, 2.45) is 0 Å². The van der Waals surface area contributed by atoms with Crippen LogP contribution >= 0.6 is 0 Å². The Morgan fingerprint density at radius 3 is 1.85 bits per heavy atom. The van der Waals surface area contributed by atoms with Crippen LogP contribution in [0.5, 0.6) is 0 Å². The molecular weight excluding hydrogens is 540 g/mol. The molecule has 0 atom stereocenters. The van der Waals surface area contributed by atoms with Crippen LogP contribution in [-0.2, 0) is 43.0 Å². The average molecular weight is 567 g/mol. The van der Waals surface area contributed by atoms with E-state index in [1.54, 1.807) is 31.4 Å². The molecule has 0 aliphatic heterocycles. The van der Waals surface area contributed by atoms with Crippen LogP contribution in [-0.4, -0.2) is 13.7 Å². The molecule has 0 amide bonds. The second kappa shape index (κ2) is 12.4. The second-order valence-electron chi connectivity index (χ2n) is 9.66. The number of rotatable bonds is 10. The van der Waals surface area contributed by atoms with Gasteiger partial charge in [-0.15, -0.1) is 0 Å². The average Bonchev–Trinajstić information content (AvgIpc) is 2.87. The smallest absolute Gasteiger partial charge is 0.385 e. The maximum atomic E-state index is 15.2. The van der Waals surface area contributed by atoms with Crippen molar-refractivity contribution in [1.82, 2.24) is 0 Å². The SMILES string of the molecule is COCCCc1cc(F)c(CCc2ccc3c(F)c(CCc4cc(F)c(C(F)(F)F)c(F)c4)ccc3c2)c(F)c1. The van der Waals surface area contributed by atoms with Gasteiger partial charge in [-0.25, -0.2) is 22.0 Å². The largest absolute Gasteiger partial charge is 0.422 e. The monoisotopic (exact) mass is 566 g/mol. The molecule has 0 N–H and O–H groups in total. The molecular formula is C31H26F8O. The summed E-state index contributed by atoms with van der Waals surface area (Å²) in [5, 5.41) is 0.837. The van der Waals surface area contributed by atoms with E-state index in [4.69, 9.17) is 4.74 Å². The van der Waals surface area contributed by atoms with Gasteiger partial charge in [0.25, 0.3) is 0 Å². The zero-order chi connectivity index (χ0) is 29.0. The van der Waals surface area contributed by atoms with Crippen LogP contribution in [0, 0.1) is 29.1 Å². The third-order valence-electron chi connectivity index (χ3n) is 6.85. The molecule has 40 heavy (non-hydrogen) atoms. The van der Waals surface area contributed by atoms with Crippen LogP contribution in [0.25, 0.3) is 10.8 Å². The maximum Gasteiger partial charge on any atom is 0.422 e. The Kier molecular flexibility index (Phi) is 9.13. The first-order valence-electron chi connectivity index (χ1n) is 12.7. The minimum absolute atomic E-state index is 0.00773. The highest BCUT2D eigenvalue weighted by Gasteiger charge is 2.37. The van der Waals surface area contributed by atoms with Crippen molar-refractivity contribution in [2.75, 3.05) is 13.7 Å². The van der Waals surface area contributed by atoms with Gasteiger partial charge in [0, 0.05) is 24.7 Å². The fourth-order valence-corrected chi connectivity index (χ4v) is 4.78. The fourth-order valence-electron chi connectivity index (χ4n) is 4.78. The topological polar surface area (TPSA) is 9.23 Å². The Morgan fingerprint density at radius 2 is 1.23 bits per heavy atom. The number of halogens is 8. The molecule has 4 rings (SSSR count). The van der Waals surface area contributed by atoms with Gasteiger partial charge in [0.2, 0.25) is 0 Å². The molecule has 4 aromatic carbocycles. The minimum atomic E-state index is -5.16. The summed E-state index contributed by atoms with van der Waals surface area (Å²) in [6, 6.07) is 12.0. The predicted octanol–water partition coefficient (Wildman–Crippen LogP) is 8.70. The number of methoxy groups -OCH3 is 1. The highest BCUT2D eigenvalue weighted by Crippen LogP contribution is 2.34. The zero-order valence-corrected chi connectivity index (χ0v) is 21.6. The molecule has 0 bridgehead atoms. The van der Waals surface area contributed by atoms with Crippen LogP contribution in [0.15, 0.2) is 54.6 Å². The van der Waals surface area contributed by atoms with Gasteiger partial charge in [-0.3, -0.25) is 0 Å².